The molecule has 4 rings (SSSR count). The highest BCUT2D eigenvalue weighted by molar-refractivity contribution is 5.79. The molecule has 0 aliphatic heterocycles. The second kappa shape index (κ2) is 6.88. The van der Waals surface area contributed by atoms with Crippen molar-refractivity contribution in [2.24, 2.45) is 40.4 Å². The number of ether oxygens (including phenoxy) is 1. The fourth-order valence-electron chi connectivity index (χ4n) is 8.42. The van der Waals surface area contributed by atoms with Crippen LogP contribution in [0.25, 0.3) is 0 Å². The first-order chi connectivity index (χ1) is 12.8. The molecule has 0 heterocycles. The topological polar surface area (TPSA) is 43.4 Å². The Hall–Kier alpha value is -0.860. The van der Waals surface area contributed by atoms with Crippen LogP contribution in [0, 0.1) is 40.4 Å². The number of carbonyl (C=O) groups is 2. The maximum absolute atomic E-state index is 12.4. The molecule has 3 unspecified atom stereocenters. The van der Waals surface area contributed by atoms with Gasteiger partial charge in [-0.05, 0) is 99.2 Å². The van der Waals surface area contributed by atoms with Gasteiger partial charge in [0.2, 0.25) is 0 Å². The maximum atomic E-state index is 12.4. The largest absolute Gasteiger partial charge is 0.463 e. The van der Waals surface area contributed by atoms with Crippen molar-refractivity contribution >= 4 is 11.8 Å². The van der Waals surface area contributed by atoms with E-state index in [-0.39, 0.29) is 17.5 Å². The van der Waals surface area contributed by atoms with Crippen LogP contribution < -0.4 is 0 Å². The molecule has 0 aromatic carbocycles. The van der Waals surface area contributed by atoms with Crippen molar-refractivity contribution in [1.29, 1.82) is 0 Å². The summed E-state index contributed by atoms with van der Waals surface area (Å²) in [5, 5.41) is 0. The van der Waals surface area contributed by atoms with Crippen LogP contribution in [0.4, 0.5) is 0 Å². The van der Waals surface area contributed by atoms with E-state index in [1.165, 1.54) is 44.9 Å². The molecular formula is C24H38O3. The van der Waals surface area contributed by atoms with Crippen LogP contribution in [-0.4, -0.2) is 17.9 Å². The van der Waals surface area contributed by atoms with E-state index < -0.39 is 0 Å². The quantitative estimate of drug-likeness (QED) is 0.595. The van der Waals surface area contributed by atoms with Crippen LogP contribution in [0.15, 0.2) is 0 Å². The van der Waals surface area contributed by atoms with Crippen molar-refractivity contribution in [3.05, 3.63) is 0 Å². The van der Waals surface area contributed by atoms with E-state index in [0.29, 0.717) is 23.0 Å². The Bertz CT molecular complexity index is 613. The van der Waals surface area contributed by atoms with Crippen molar-refractivity contribution < 1.29 is 14.3 Å². The zero-order chi connectivity index (χ0) is 19.4. The third kappa shape index (κ3) is 3.08. The summed E-state index contributed by atoms with van der Waals surface area (Å²) in [5.74, 6) is 3.65. The summed E-state index contributed by atoms with van der Waals surface area (Å²) in [6.07, 6.45) is 12.3. The van der Waals surface area contributed by atoms with Crippen LogP contribution in [0.3, 0.4) is 0 Å². The number of rotatable bonds is 2. The molecule has 0 aromatic heterocycles. The Morgan fingerprint density at radius 2 is 1.56 bits per heavy atom. The smallest absolute Gasteiger partial charge is 0.302 e. The molecule has 0 radical (unpaired) electrons. The van der Waals surface area contributed by atoms with Gasteiger partial charge in [0.15, 0.2) is 0 Å². The van der Waals surface area contributed by atoms with Crippen LogP contribution in [0.2, 0.25) is 0 Å². The molecule has 4 aliphatic carbocycles. The Balaban J connectivity index is 1.55. The van der Waals surface area contributed by atoms with E-state index in [2.05, 4.69) is 13.8 Å². The lowest BCUT2D eigenvalue weighted by Crippen LogP contribution is -2.57. The van der Waals surface area contributed by atoms with Gasteiger partial charge in [-0.3, -0.25) is 9.59 Å². The SMILES string of the molecule is CC(=O)O[C@@H]1CC[C@]2(C)C3CC[C@]4(C)C(C(C)=O)CCCC4[C@@H]3CC[C@H]2C1. The summed E-state index contributed by atoms with van der Waals surface area (Å²) in [4.78, 5) is 23.8. The third-order valence-corrected chi connectivity index (χ3v) is 9.68. The van der Waals surface area contributed by atoms with Crippen LogP contribution >= 0.6 is 0 Å². The fourth-order valence-corrected chi connectivity index (χ4v) is 8.42. The average Bonchev–Trinajstić information content (AvgIpc) is 2.60. The van der Waals surface area contributed by atoms with Gasteiger partial charge < -0.3 is 4.74 Å². The number of Topliss-reactive ketones (excluding diaryl/α,β-unsaturated/α-hetero) is 1. The zero-order valence-electron chi connectivity index (χ0n) is 17.8. The number of esters is 1. The molecule has 152 valence electrons. The molecule has 4 aliphatic rings. The van der Waals surface area contributed by atoms with Crippen molar-refractivity contribution in [3.63, 3.8) is 0 Å². The molecule has 0 saturated heterocycles. The third-order valence-electron chi connectivity index (χ3n) is 9.68. The molecule has 3 nitrogen and oxygen atoms in total. The lowest BCUT2D eigenvalue weighted by atomic mass is 9.41. The van der Waals surface area contributed by atoms with Gasteiger partial charge in [0.25, 0.3) is 0 Å². The molecule has 0 spiro atoms. The van der Waals surface area contributed by atoms with Crippen molar-refractivity contribution in [2.75, 3.05) is 0 Å². The summed E-state index contributed by atoms with van der Waals surface area (Å²) in [7, 11) is 0. The number of hydrogen-bond acceptors (Lipinski definition) is 3. The van der Waals surface area contributed by atoms with E-state index in [4.69, 9.17) is 4.74 Å². The second-order valence-electron chi connectivity index (χ2n) is 10.8. The van der Waals surface area contributed by atoms with Gasteiger partial charge in [-0.1, -0.05) is 20.3 Å². The predicted octanol–water partition coefficient (Wildman–Crippen LogP) is 5.56. The van der Waals surface area contributed by atoms with E-state index in [9.17, 15) is 9.59 Å². The van der Waals surface area contributed by atoms with Gasteiger partial charge in [-0.15, -0.1) is 0 Å². The summed E-state index contributed by atoms with van der Waals surface area (Å²) >= 11 is 0. The number of fused-ring (bicyclic) bond motifs is 5. The van der Waals surface area contributed by atoms with E-state index in [1.54, 1.807) is 6.92 Å². The van der Waals surface area contributed by atoms with Gasteiger partial charge in [0, 0.05) is 12.8 Å². The Labute approximate surface area is 165 Å². The van der Waals surface area contributed by atoms with Gasteiger partial charge in [0.05, 0.1) is 0 Å². The van der Waals surface area contributed by atoms with Crippen LogP contribution in [0.5, 0.6) is 0 Å². The summed E-state index contributed by atoms with van der Waals surface area (Å²) in [5.41, 5.74) is 0.646. The van der Waals surface area contributed by atoms with Gasteiger partial charge in [-0.2, -0.15) is 0 Å². The highest BCUT2D eigenvalue weighted by Crippen LogP contribution is 2.66. The number of carbonyl (C=O) groups excluding carboxylic acids is 2. The monoisotopic (exact) mass is 374 g/mol. The Kier molecular flexibility index (Phi) is 4.96. The molecule has 4 fully saturated rings. The summed E-state index contributed by atoms with van der Waals surface area (Å²) in [6, 6.07) is 0. The minimum Gasteiger partial charge on any atom is -0.463 e. The lowest BCUT2D eigenvalue weighted by Gasteiger charge is -2.63. The molecule has 0 N–H and O–H groups in total. The van der Waals surface area contributed by atoms with E-state index >= 15 is 0 Å². The first-order valence-corrected chi connectivity index (χ1v) is 11.4. The molecule has 0 bridgehead atoms. The van der Waals surface area contributed by atoms with Crippen LogP contribution in [0.1, 0.15) is 91.9 Å². The summed E-state index contributed by atoms with van der Waals surface area (Å²) in [6.45, 7) is 8.37. The molecular weight excluding hydrogens is 336 g/mol. The molecule has 4 saturated carbocycles. The van der Waals surface area contributed by atoms with Gasteiger partial charge in [0.1, 0.15) is 11.9 Å². The van der Waals surface area contributed by atoms with Gasteiger partial charge >= 0.3 is 5.97 Å². The number of hydrogen-bond donors (Lipinski definition) is 0. The maximum Gasteiger partial charge on any atom is 0.302 e. The van der Waals surface area contributed by atoms with E-state index in [1.807, 2.05) is 6.92 Å². The Morgan fingerprint density at radius 3 is 2.26 bits per heavy atom. The van der Waals surface area contributed by atoms with Crippen molar-refractivity contribution in [3.8, 4) is 0 Å². The fraction of sp³-hybridized carbons (Fsp3) is 0.917. The molecule has 0 amide bonds. The average molecular weight is 375 g/mol. The second-order valence-corrected chi connectivity index (χ2v) is 10.8. The highest BCUT2D eigenvalue weighted by Gasteiger charge is 2.59. The molecule has 0 aromatic rings. The zero-order valence-corrected chi connectivity index (χ0v) is 17.8. The lowest BCUT2D eigenvalue weighted by molar-refractivity contribution is -0.169. The first-order valence-electron chi connectivity index (χ1n) is 11.4. The standard InChI is InChI=1S/C24H38O3/c1-15(25)20-6-5-7-21-19-9-8-17-14-18(27-16(2)26)10-12-23(17,3)22(19)11-13-24(20,21)4/h17-22H,5-14H2,1-4H3/t17-,18+,19-,20?,21?,22?,23-,24+/m0/s1. The van der Waals surface area contributed by atoms with Gasteiger partial charge in [-0.25, -0.2) is 0 Å². The van der Waals surface area contributed by atoms with Crippen molar-refractivity contribution in [1.82, 2.24) is 0 Å². The Morgan fingerprint density at radius 1 is 0.852 bits per heavy atom. The minimum absolute atomic E-state index is 0.122. The molecule has 3 heteroatoms. The van der Waals surface area contributed by atoms with Crippen molar-refractivity contribution in [2.45, 2.75) is 98.0 Å². The van der Waals surface area contributed by atoms with Crippen LogP contribution in [-0.2, 0) is 14.3 Å². The highest BCUT2D eigenvalue weighted by atomic mass is 16.5. The van der Waals surface area contributed by atoms with E-state index in [0.717, 1.165) is 37.0 Å². The predicted molar refractivity (Wildman–Crippen MR) is 106 cm³/mol. The number of ketones is 1. The normalized spacial score (nSPS) is 49.3. The molecule has 27 heavy (non-hydrogen) atoms. The first kappa shape index (κ1) is 19.5. The minimum atomic E-state index is -0.122. The summed E-state index contributed by atoms with van der Waals surface area (Å²) < 4.78 is 5.59. The molecule has 8 atom stereocenters.